The van der Waals surface area contributed by atoms with Crippen LogP contribution >= 0.6 is 82.5 Å². The summed E-state index contributed by atoms with van der Waals surface area (Å²) in [4.78, 5) is 38.7. The van der Waals surface area contributed by atoms with Gasteiger partial charge in [-0.1, -0.05) is 69.1 Å². The molecule has 3 aliphatic heterocycles. The van der Waals surface area contributed by atoms with E-state index in [0.717, 1.165) is 70.3 Å². The molecule has 2 aromatic heterocycles. The van der Waals surface area contributed by atoms with E-state index in [1.165, 1.54) is 34.1 Å². The topological polar surface area (TPSA) is 119 Å². The Labute approximate surface area is 441 Å². The molecule has 4 atom stereocenters. The van der Waals surface area contributed by atoms with Crippen LogP contribution in [-0.4, -0.2) is 78.8 Å². The van der Waals surface area contributed by atoms with Crippen molar-refractivity contribution in [3.8, 4) is 30.8 Å². The second-order valence-electron chi connectivity index (χ2n) is 17.1. The molecule has 3 saturated heterocycles. The zero-order valence-electron chi connectivity index (χ0n) is 40.4. The first-order valence-electron chi connectivity index (χ1n) is 22.5. The maximum atomic E-state index is 12.8. The average Bonchev–Trinajstić information content (AvgIpc) is 3.87. The second kappa shape index (κ2) is 33.6. The van der Waals surface area contributed by atoms with E-state index in [4.69, 9.17) is 18.6 Å². The number of amides is 2. The number of carbonyl (C=O) groups excluding carboxylic acids is 2. The Bertz CT molecular complexity index is 1750. The quantitative estimate of drug-likeness (QED) is 0.132. The third-order valence-electron chi connectivity index (χ3n) is 12.1. The minimum absolute atomic E-state index is 0. The molecule has 0 spiro atoms. The van der Waals surface area contributed by atoms with Crippen LogP contribution in [0.4, 0.5) is 5.82 Å². The van der Waals surface area contributed by atoms with Crippen LogP contribution in [0.5, 0.6) is 0 Å². The number of hydrogen-bond donors (Lipinski definition) is 1. The summed E-state index contributed by atoms with van der Waals surface area (Å²) in [6.07, 6.45) is 26.6. The second-order valence-corrected chi connectivity index (χ2v) is 54.0. The van der Waals surface area contributed by atoms with Gasteiger partial charge >= 0.3 is 64.9 Å². The molecule has 5 heterocycles. The summed E-state index contributed by atoms with van der Waals surface area (Å²) in [6, 6.07) is 10.4. The van der Waals surface area contributed by atoms with Crippen LogP contribution in [-0.2, 0) is 14.5 Å². The van der Waals surface area contributed by atoms with E-state index in [9.17, 15) is 14.9 Å². The number of piperidine rings is 1. The van der Waals surface area contributed by atoms with Crippen LogP contribution in [0.3, 0.4) is 0 Å². The number of hydrogen-bond acceptors (Lipinski definition) is 7. The van der Waals surface area contributed by atoms with Gasteiger partial charge in [0.2, 0.25) is 11.8 Å². The zero-order chi connectivity index (χ0) is 47.8. The molecule has 4 aliphatic rings. The molecule has 64 heavy (non-hydrogen) atoms. The first-order valence-corrected chi connectivity index (χ1v) is 37.6. The van der Waals surface area contributed by atoms with E-state index in [2.05, 4.69) is 175 Å². The molecule has 1 saturated carbocycles. The number of carbonyl (C=O) groups is 2. The van der Waals surface area contributed by atoms with Gasteiger partial charge in [-0.05, 0) is 144 Å². The van der Waals surface area contributed by atoms with Gasteiger partial charge in [0.25, 0.3) is 0 Å². The standard InChI is InChI=1S/C22H28N4O.C13H20N2.C10H15NO.C2H5I.C2H6.CH3.3HI.V/c1-4-18-5-6-19(16-23)26(18)21(27)7-9-22(3)10-13-25(14-11-22)20-15-17(2)8-12-24-20;1-10-5-8-15-12(9-10)11-3-6-13(2,14)7-4-11;1-4-9-7-6-8(3)11(9)10(12)5-2;1-2-3;1-2;;;;;/h1,8,12,15,18-19H,5-7,9-11,13-14H2,2-3H3;5,8-9,11H,3-4,6-7,14H2,1-2H3;1,8-9H,5-7H2,2-3H3;2H2,1H3;1-2H3;1H3;3*1H;/q;;;;;-1;;;;+3/p-3/t18-,19-;;8-,9+;;;;;;;/m0.1......./s1. The molecule has 0 bridgehead atoms. The van der Waals surface area contributed by atoms with Gasteiger partial charge in [0.1, 0.15) is 11.9 Å². The molecule has 14 heteroatoms. The van der Waals surface area contributed by atoms with Crippen molar-refractivity contribution in [3.05, 3.63) is 60.9 Å². The van der Waals surface area contributed by atoms with Crippen molar-refractivity contribution >= 4 is 100 Å². The Morgan fingerprint density at radius 3 is 1.81 bits per heavy atom. The molecule has 2 aromatic rings. The van der Waals surface area contributed by atoms with E-state index >= 15 is 0 Å². The van der Waals surface area contributed by atoms with Gasteiger partial charge in [0, 0.05) is 61.5 Å². The van der Waals surface area contributed by atoms with Crippen molar-refractivity contribution < 1.29 is 14.5 Å². The van der Waals surface area contributed by atoms with Gasteiger partial charge < -0.3 is 27.9 Å². The van der Waals surface area contributed by atoms with Gasteiger partial charge in [-0.25, -0.2) is 4.98 Å². The Morgan fingerprint density at radius 1 is 0.844 bits per heavy atom. The normalized spacial score (nSPS) is 23.9. The minimum atomic E-state index is -0.361. The number of likely N-dealkylation sites (tertiary alicyclic amines) is 2. The van der Waals surface area contributed by atoms with Crippen LogP contribution in [0, 0.1) is 62.7 Å². The summed E-state index contributed by atoms with van der Waals surface area (Å²) < 4.78 is 1.22. The summed E-state index contributed by atoms with van der Waals surface area (Å²) in [6.45, 7) is 20.6. The van der Waals surface area contributed by atoms with Gasteiger partial charge in [-0.15, -0.1) is 12.8 Å². The fourth-order valence-electron chi connectivity index (χ4n) is 8.31. The number of aromatic nitrogens is 2. The Morgan fingerprint density at radius 2 is 1.33 bits per heavy atom. The van der Waals surface area contributed by atoms with Crippen LogP contribution in [0.25, 0.3) is 0 Å². The van der Waals surface area contributed by atoms with Gasteiger partial charge in [-0.3, -0.25) is 14.6 Å². The van der Waals surface area contributed by atoms with Gasteiger partial charge in [-0.2, -0.15) is 5.26 Å². The number of nitrogens with zero attached hydrogens (tertiary/aromatic N) is 6. The molecule has 2 N–H and O–H groups in total. The molecular formula is C50H77I4N7O2V-. The number of anilines is 1. The summed E-state index contributed by atoms with van der Waals surface area (Å²) in [5.41, 5.74) is 10.1. The molecule has 0 unspecified atom stereocenters. The van der Waals surface area contributed by atoms with Crippen molar-refractivity contribution in [1.29, 1.82) is 5.26 Å². The molecule has 358 valence electrons. The molecule has 4 fully saturated rings. The summed E-state index contributed by atoms with van der Waals surface area (Å²) in [5.74, 6) is 7.22. The predicted molar refractivity (Wildman–Crippen MR) is 301 cm³/mol. The van der Waals surface area contributed by atoms with Crippen LogP contribution < -0.4 is 10.6 Å². The van der Waals surface area contributed by atoms with Crippen LogP contribution in [0.15, 0.2) is 36.7 Å². The molecule has 9 nitrogen and oxygen atoms in total. The van der Waals surface area contributed by atoms with Crippen LogP contribution in [0.1, 0.15) is 155 Å². The van der Waals surface area contributed by atoms with Crippen LogP contribution in [0.2, 0.25) is 0 Å². The average molecular weight is 1370 g/mol. The van der Waals surface area contributed by atoms with E-state index in [1.807, 2.05) is 44.1 Å². The number of pyridine rings is 2. The monoisotopic (exact) mass is 1370 g/mol. The number of rotatable bonds is 6. The number of aryl methyl sites for hydroxylation is 2. The van der Waals surface area contributed by atoms with E-state index in [-0.39, 0.29) is 53.2 Å². The zero-order valence-corrected chi connectivity index (χ0v) is 50.4. The van der Waals surface area contributed by atoms with Gasteiger partial charge in [0.05, 0.1) is 18.2 Å². The summed E-state index contributed by atoms with van der Waals surface area (Å²) in [7, 11) is 0. The van der Waals surface area contributed by atoms with Crippen molar-refractivity contribution in [2.75, 3.05) is 22.4 Å². The van der Waals surface area contributed by atoms with E-state index < -0.39 is 0 Å². The fraction of sp³-hybridized carbons (Fsp3) is 0.640. The first kappa shape index (κ1) is 63.1. The number of nitriles is 1. The molecule has 0 radical (unpaired) electrons. The summed E-state index contributed by atoms with van der Waals surface area (Å²) in [5, 5.41) is 9.30. The molecule has 6 rings (SSSR count). The Kier molecular flexibility index (Phi) is 33.1. The number of halogens is 4. The molecule has 2 amide bonds. The molecule has 0 aromatic carbocycles. The Hall–Kier alpha value is -0.886. The third-order valence-corrected chi connectivity index (χ3v) is 12.1. The summed E-state index contributed by atoms with van der Waals surface area (Å²) >= 11 is 9.68. The van der Waals surface area contributed by atoms with E-state index in [1.54, 1.807) is 4.90 Å². The fourth-order valence-corrected chi connectivity index (χ4v) is 8.31. The number of alkyl halides is 1. The van der Waals surface area contributed by atoms with Gasteiger partial charge in [0.15, 0.2) is 0 Å². The SMILES string of the molecule is C#C[C@H]1CC[C@@H](C#N)N1C(=O)CCC1(C)CCN(c2cc(C)ccn2)CC1.C#C[C@H]1CC[C@@H](C)N1C(=O)CC.CC.CCI.Cc1ccnc(C2CCC(C)(N)CC2)c1.[CH3-].[I][V]([I])[I]. The van der Waals surface area contributed by atoms with Crippen molar-refractivity contribution in [1.82, 2.24) is 19.8 Å². The van der Waals surface area contributed by atoms with Crippen molar-refractivity contribution in [3.63, 3.8) is 0 Å². The Balaban J connectivity index is 0.000000907. The molecule has 1 aliphatic carbocycles. The van der Waals surface area contributed by atoms with Crippen molar-refractivity contribution in [2.45, 2.75) is 181 Å². The number of nitrogens with two attached hydrogens (primary N) is 1. The van der Waals surface area contributed by atoms with E-state index in [0.29, 0.717) is 31.2 Å². The number of terminal acetylenes is 2. The molecular weight excluding hydrogens is 1290 g/mol. The third kappa shape index (κ3) is 22.5. The first-order chi connectivity index (χ1) is 29.9. The predicted octanol–water partition coefficient (Wildman–Crippen LogP) is 13.0. The maximum absolute atomic E-state index is 12.8. The van der Waals surface area contributed by atoms with Crippen molar-refractivity contribution in [2.24, 2.45) is 11.1 Å².